The number of hydrogen-bond acceptors (Lipinski definition) is 4. The summed E-state index contributed by atoms with van der Waals surface area (Å²) in [5.41, 5.74) is 1.77. The number of piperazine rings is 1. The SMILES string of the molecule is COc1ccc(C(=O)N2CCN(C3CC3)CC2c2ccccc2)c(OC)c1. The second kappa shape index (κ2) is 7.61. The highest BCUT2D eigenvalue weighted by molar-refractivity contribution is 5.97. The summed E-state index contributed by atoms with van der Waals surface area (Å²) in [7, 11) is 3.20. The van der Waals surface area contributed by atoms with E-state index in [4.69, 9.17) is 9.47 Å². The van der Waals surface area contributed by atoms with Gasteiger partial charge in [0.15, 0.2) is 0 Å². The molecule has 0 N–H and O–H groups in total. The van der Waals surface area contributed by atoms with Crippen LogP contribution in [-0.2, 0) is 0 Å². The van der Waals surface area contributed by atoms with Gasteiger partial charge in [-0.3, -0.25) is 9.69 Å². The third kappa shape index (κ3) is 3.65. The predicted molar refractivity (Wildman–Crippen MR) is 104 cm³/mol. The van der Waals surface area contributed by atoms with Crippen LogP contribution < -0.4 is 9.47 Å². The molecule has 1 saturated heterocycles. The zero-order chi connectivity index (χ0) is 18.8. The van der Waals surface area contributed by atoms with Gasteiger partial charge in [-0.15, -0.1) is 0 Å². The van der Waals surface area contributed by atoms with Crippen LogP contribution in [0.15, 0.2) is 48.5 Å². The average Bonchev–Trinajstić information content (AvgIpc) is 3.58. The van der Waals surface area contributed by atoms with E-state index in [0.29, 0.717) is 23.1 Å². The van der Waals surface area contributed by atoms with Crippen LogP contribution in [0.2, 0.25) is 0 Å². The Labute approximate surface area is 160 Å². The maximum atomic E-state index is 13.4. The highest BCUT2D eigenvalue weighted by Crippen LogP contribution is 2.35. The molecule has 142 valence electrons. The van der Waals surface area contributed by atoms with Gasteiger partial charge in [0.25, 0.3) is 5.91 Å². The first-order chi connectivity index (χ1) is 13.2. The largest absolute Gasteiger partial charge is 0.497 e. The monoisotopic (exact) mass is 366 g/mol. The van der Waals surface area contributed by atoms with Crippen molar-refractivity contribution in [3.8, 4) is 11.5 Å². The molecule has 5 nitrogen and oxygen atoms in total. The van der Waals surface area contributed by atoms with Gasteiger partial charge >= 0.3 is 0 Å². The van der Waals surface area contributed by atoms with Crippen LogP contribution in [-0.4, -0.2) is 55.6 Å². The molecule has 1 amide bonds. The van der Waals surface area contributed by atoms with E-state index >= 15 is 0 Å². The number of ether oxygens (including phenoxy) is 2. The Hall–Kier alpha value is -2.53. The zero-order valence-corrected chi connectivity index (χ0v) is 15.9. The zero-order valence-electron chi connectivity index (χ0n) is 15.9. The number of carbonyl (C=O) groups is 1. The molecule has 1 heterocycles. The highest BCUT2D eigenvalue weighted by atomic mass is 16.5. The number of carbonyl (C=O) groups excluding carboxylic acids is 1. The second-order valence-corrected chi connectivity index (χ2v) is 7.22. The molecule has 1 saturated carbocycles. The molecule has 2 fully saturated rings. The van der Waals surface area contributed by atoms with E-state index in [1.807, 2.05) is 29.2 Å². The van der Waals surface area contributed by atoms with Crippen molar-refractivity contribution in [2.24, 2.45) is 0 Å². The fraction of sp³-hybridized carbons (Fsp3) is 0.409. The molecule has 5 heteroatoms. The van der Waals surface area contributed by atoms with E-state index in [2.05, 4.69) is 17.0 Å². The van der Waals surface area contributed by atoms with Crippen LogP contribution in [0.25, 0.3) is 0 Å². The Morgan fingerprint density at radius 1 is 1.00 bits per heavy atom. The van der Waals surface area contributed by atoms with E-state index in [1.54, 1.807) is 26.4 Å². The van der Waals surface area contributed by atoms with Gasteiger partial charge in [-0.25, -0.2) is 0 Å². The van der Waals surface area contributed by atoms with E-state index in [0.717, 1.165) is 19.6 Å². The van der Waals surface area contributed by atoms with Crippen LogP contribution in [0.1, 0.15) is 34.8 Å². The molecule has 0 bridgehead atoms. The first-order valence-electron chi connectivity index (χ1n) is 9.53. The Morgan fingerprint density at radius 3 is 2.44 bits per heavy atom. The number of hydrogen-bond donors (Lipinski definition) is 0. The first-order valence-corrected chi connectivity index (χ1v) is 9.53. The lowest BCUT2D eigenvalue weighted by Gasteiger charge is -2.42. The van der Waals surface area contributed by atoms with Crippen molar-refractivity contribution in [2.45, 2.75) is 24.9 Å². The molecule has 1 aliphatic heterocycles. The summed E-state index contributed by atoms with van der Waals surface area (Å²) in [4.78, 5) is 18.0. The van der Waals surface area contributed by atoms with Crippen molar-refractivity contribution in [3.63, 3.8) is 0 Å². The second-order valence-electron chi connectivity index (χ2n) is 7.22. The maximum Gasteiger partial charge on any atom is 0.258 e. The molecule has 0 radical (unpaired) electrons. The molecule has 0 aromatic heterocycles. The van der Waals surface area contributed by atoms with Gasteiger partial charge in [0.2, 0.25) is 0 Å². The normalized spacial score (nSPS) is 20.4. The van der Waals surface area contributed by atoms with Crippen molar-refractivity contribution in [1.82, 2.24) is 9.80 Å². The third-order valence-corrected chi connectivity index (χ3v) is 5.56. The number of methoxy groups -OCH3 is 2. The van der Waals surface area contributed by atoms with E-state index in [-0.39, 0.29) is 11.9 Å². The standard InChI is InChI=1S/C22H26N2O3/c1-26-18-10-11-19(21(14-18)27-2)22(25)24-13-12-23(17-8-9-17)15-20(24)16-6-4-3-5-7-16/h3-7,10-11,14,17,20H,8-9,12-13,15H2,1-2H3. The fourth-order valence-corrected chi connectivity index (χ4v) is 3.91. The summed E-state index contributed by atoms with van der Waals surface area (Å²) in [6, 6.07) is 16.5. The van der Waals surface area contributed by atoms with Crippen molar-refractivity contribution >= 4 is 5.91 Å². The average molecular weight is 366 g/mol. The number of rotatable bonds is 5. The molecule has 4 rings (SSSR count). The van der Waals surface area contributed by atoms with Crippen LogP contribution in [0, 0.1) is 0 Å². The lowest BCUT2D eigenvalue weighted by atomic mass is 10.0. The Kier molecular flexibility index (Phi) is 5.03. The summed E-state index contributed by atoms with van der Waals surface area (Å²) < 4.78 is 10.7. The molecule has 27 heavy (non-hydrogen) atoms. The van der Waals surface area contributed by atoms with Gasteiger partial charge in [-0.1, -0.05) is 30.3 Å². The molecule has 1 aliphatic carbocycles. The number of benzene rings is 2. The molecule has 1 atom stereocenters. The molecular formula is C22H26N2O3. The van der Waals surface area contributed by atoms with Gasteiger partial charge in [0.1, 0.15) is 11.5 Å². The fourth-order valence-electron chi connectivity index (χ4n) is 3.91. The summed E-state index contributed by atoms with van der Waals surface area (Å²) in [6.07, 6.45) is 2.56. The molecule has 2 aliphatic rings. The topological polar surface area (TPSA) is 42.0 Å². The van der Waals surface area contributed by atoms with Crippen molar-refractivity contribution < 1.29 is 14.3 Å². The Bertz CT molecular complexity index is 804. The third-order valence-electron chi connectivity index (χ3n) is 5.56. The summed E-state index contributed by atoms with van der Waals surface area (Å²) in [5.74, 6) is 1.25. The van der Waals surface area contributed by atoms with Crippen molar-refractivity contribution in [3.05, 3.63) is 59.7 Å². The van der Waals surface area contributed by atoms with E-state index in [1.165, 1.54) is 18.4 Å². The minimum atomic E-state index is 0.0128. The smallest absolute Gasteiger partial charge is 0.258 e. The van der Waals surface area contributed by atoms with Gasteiger partial charge in [-0.2, -0.15) is 0 Å². The number of nitrogens with zero attached hydrogens (tertiary/aromatic N) is 2. The van der Waals surface area contributed by atoms with E-state index in [9.17, 15) is 4.79 Å². The molecular weight excluding hydrogens is 340 g/mol. The molecule has 2 aromatic carbocycles. The van der Waals surface area contributed by atoms with Gasteiger partial charge in [0, 0.05) is 31.7 Å². The lowest BCUT2D eigenvalue weighted by molar-refractivity contribution is 0.0430. The summed E-state index contributed by atoms with van der Waals surface area (Å²) in [6.45, 7) is 2.54. The molecule has 0 spiro atoms. The van der Waals surface area contributed by atoms with Gasteiger partial charge in [0.05, 0.1) is 25.8 Å². The van der Waals surface area contributed by atoms with Crippen molar-refractivity contribution in [1.29, 1.82) is 0 Å². The van der Waals surface area contributed by atoms with E-state index < -0.39 is 0 Å². The summed E-state index contributed by atoms with van der Waals surface area (Å²) in [5, 5.41) is 0. The Balaban J connectivity index is 1.64. The van der Waals surface area contributed by atoms with Gasteiger partial charge in [-0.05, 0) is 30.5 Å². The van der Waals surface area contributed by atoms with Crippen LogP contribution in [0.3, 0.4) is 0 Å². The Morgan fingerprint density at radius 2 is 1.78 bits per heavy atom. The quantitative estimate of drug-likeness (QED) is 0.814. The predicted octanol–water partition coefficient (Wildman–Crippen LogP) is 3.37. The minimum absolute atomic E-state index is 0.0128. The van der Waals surface area contributed by atoms with Crippen molar-refractivity contribution in [2.75, 3.05) is 33.9 Å². The van der Waals surface area contributed by atoms with Crippen LogP contribution >= 0.6 is 0 Å². The summed E-state index contributed by atoms with van der Waals surface area (Å²) >= 11 is 0. The highest BCUT2D eigenvalue weighted by Gasteiger charge is 2.38. The van der Waals surface area contributed by atoms with Crippen LogP contribution in [0.4, 0.5) is 0 Å². The first kappa shape index (κ1) is 17.9. The molecule has 2 aromatic rings. The molecule has 1 unspecified atom stereocenters. The maximum absolute atomic E-state index is 13.4. The van der Waals surface area contributed by atoms with Crippen LogP contribution in [0.5, 0.6) is 11.5 Å². The van der Waals surface area contributed by atoms with Gasteiger partial charge < -0.3 is 14.4 Å². The number of amides is 1. The minimum Gasteiger partial charge on any atom is -0.497 e. The lowest BCUT2D eigenvalue weighted by Crippen LogP contribution is -2.51.